The topological polar surface area (TPSA) is 146 Å². The molecule has 0 radical (unpaired) electrons. The lowest BCUT2D eigenvalue weighted by Gasteiger charge is -2.13. The van der Waals surface area contributed by atoms with Gasteiger partial charge in [0, 0.05) is 46.3 Å². The molecule has 0 saturated heterocycles. The van der Waals surface area contributed by atoms with Crippen LogP contribution in [0.3, 0.4) is 0 Å². The van der Waals surface area contributed by atoms with E-state index >= 15 is 0 Å². The fourth-order valence-corrected chi connectivity index (χ4v) is 2.90. The molecular formula is C24H26N8O3. The van der Waals surface area contributed by atoms with Gasteiger partial charge in [0.05, 0.1) is 13.2 Å². The first-order valence-corrected chi connectivity index (χ1v) is 10.8. The smallest absolute Gasteiger partial charge is 0.247 e. The van der Waals surface area contributed by atoms with Gasteiger partial charge in [-0.1, -0.05) is 23.8 Å². The van der Waals surface area contributed by atoms with Crippen molar-refractivity contribution in [3.63, 3.8) is 0 Å². The molecule has 0 aliphatic carbocycles. The first-order chi connectivity index (χ1) is 17.1. The number of hydrogen-bond donors (Lipinski definition) is 3. The van der Waals surface area contributed by atoms with E-state index in [2.05, 4.69) is 42.5 Å². The van der Waals surface area contributed by atoms with Crippen LogP contribution in [0, 0.1) is 6.92 Å². The molecule has 180 valence electrons. The van der Waals surface area contributed by atoms with Gasteiger partial charge in [0.1, 0.15) is 18.2 Å². The zero-order chi connectivity index (χ0) is 24.9. The molecule has 0 bridgehead atoms. The summed E-state index contributed by atoms with van der Waals surface area (Å²) < 4.78 is 11.0. The van der Waals surface area contributed by atoms with E-state index in [9.17, 15) is 4.79 Å². The Morgan fingerprint density at radius 2 is 1.89 bits per heavy atom. The highest BCUT2D eigenvalue weighted by molar-refractivity contribution is 5.99. The van der Waals surface area contributed by atoms with Crippen molar-refractivity contribution in [2.45, 2.75) is 6.92 Å². The van der Waals surface area contributed by atoms with E-state index in [4.69, 9.17) is 15.0 Å². The summed E-state index contributed by atoms with van der Waals surface area (Å²) in [6.45, 7) is 6.75. The number of amides is 1. The van der Waals surface area contributed by atoms with Crippen molar-refractivity contribution in [2.75, 3.05) is 42.3 Å². The monoisotopic (exact) mass is 474 g/mol. The van der Waals surface area contributed by atoms with E-state index in [1.54, 1.807) is 18.3 Å². The first kappa shape index (κ1) is 25.0. The third kappa shape index (κ3) is 8.35. The highest BCUT2D eigenvalue weighted by Gasteiger charge is 2.07. The Hall–Kier alpha value is -4.60. The number of anilines is 5. The number of hydrogen-bond acceptors (Lipinski definition) is 8. The van der Waals surface area contributed by atoms with Gasteiger partial charge >= 0.3 is 0 Å². The number of carbonyl (C=O) groups excluding carboxylic acids is 1. The van der Waals surface area contributed by atoms with Crippen LogP contribution in [0.1, 0.15) is 5.56 Å². The number of ether oxygens (including phenoxy) is 2. The van der Waals surface area contributed by atoms with Crippen molar-refractivity contribution >= 4 is 34.7 Å². The van der Waals surface area contributed by atoms with Gasteiger partial charge in [0.2, 0.25) is 11.9 Å². The summed E-state index contributed by atoms with van der Waals surface area (Å²) in [4.78, 5) is 23.2. The van der Waals surface area contributed by atoms with Gasteiger partial charge < -0.3 is 25.4 Å². The molecule has 11 nitrogen and oxygen atoms in total. The van der Waals surface area contributed by atoms with Crippen molar-refractivity contribution in [1.82, 2.24) is 9.97 Å². The molecule has 0 saturated carbocycles. The van der Waals surface area contributed by atoms with Gasteiger partial charge in [-0.05, 0) is 48.9 Å². The van der Waals surface area contributed by atoms with Gasteiger partial charge in [-0.25, -0.2) is 4.98 Å². The fourth-order valence-electron chi connectivity index (χ4n) is 2.90. The molecular weight excluding hydrogens is 448 g/mol. The first-order valence-electron chi connectivity index (χ1n) is 10.8. The lowest BCUT2D eigenvalue weighted by atomic mass is 10.2. The molecule has 3 aromatic rings. The molecule has 1 aromatic heterocycles. The Labute approximate surface area is 202 Å². The maximum absolute atomic E-state index is 11.6. The molecule has 0 fully saturated rings. The number of benzene rings is 2. The molecule has 3 N–H and O–H groups in total. The second-order valence-corrected chi connectivity index (χ2v) is 7.19. The highest BCUT2D eigenvalue weighted by atomic mass is 16.5. The molecule has 0 unspecified atom stereocenters. The normalized spacial score (nSPS) is 10.1. The number of azide groups is 1. The molecule has 35 heavy (non-hydrogen) atoms. The van der Waals surface area contributed by atoms with E-state index in [0.717, 1.165) is 16.9 Å². The highest BCUT2D eigenvalue weighted by Crippen LogP contribution is 2.24. The van der Waals surface area contributed by atoms with E-state index in [0.29, 0.717) is 49.6 Å². The summed E-state index contributed by atoms with van der Waals surface area (Å²) in [5.74, 6) is 1.42. The third-order valence-electron chi connectivity index (χ3n) is 4.54. The molecule has 0 atom stereocenters. The van der Waals surface area contributed by atoms with Crippen LogP contribution in [0.15, 0.2) is 72.5 Å². The van der Waals surface area contributed by atoms with Gasteiger partial charge in [-0.2, -0.15) is 4.98 Å². The predicted molar refractivity (Wildman–Crippen MR) is 135 cm³/mol. The van der Waals surface area contributed by atoms with E-state index in [1.165, 1.54) is 6.08 Å². The van der Waals surface area contributed by atoms with Crippen molar-refractivity contribution in [2.24, 2.45) is 5.11 Å². The summed E-state index contributed by atoms with van der Waals surface area (Å²) in [5, 5.41) is 12.6. The van der Waals surface area contributed by atoms with E-state index in [1.807, 2.05) is 43.3 Å². The van der Waals surface area contributed by atoms with Crippen LogP contribution in [0.5, 0.6) is 5.75 Å². The third-order valence-corrected chi connectivity index (χ3v) is 4.54. The van der Waals surface area contributed by atoms with Gasteiger partial charge in [-0.15, -0.1) is 0 Å². The second kappa shape index (κ2) is 13.2. The van der Waals surface area contributed by atoms with Crippen LogP contribution in [0.2, 0.25) is 0 Å². The minimum Gasteiger partial charge on any atom is -0.491 e. The molecule has 3 rings (SSSR count). The largest absolute Gasteiger partial charge is 0.491 e. The summed E-state index contributed by atoms with van der Waals surface area (Å²) in [6, 6.07) is 14.7. The number of carbonyl (C=O) groups is 1. The van der Waals surface area contributed by atoms with E-state index < -0.39 is 0 Å². The molecule has 0 aliphatic rings. The maximum atomic E-state index is 11.6. The van der Waals surface area contributed by atoms with E-state index in [-0.39, 0.29) is 5.91 Å². The van der Waals surface area contributed by atoms with Crippen LogP contribution in [0.4, 0.5) is 28.8 Å². The van der Waals surface area contributed by atoms with Crippen LogP contribution in [0.25, 0.3) is 10.4 Å². The Bertz CT molecular complexity index is 1210. The number of nitrogens with one attached hydrogen (secondary N) is 3. The predicted octanol–water partition coefficient (Wildman–Crippen LogP) is 5.10. The molecule has 11 heteroatoms. The summed E-state index contributed by atoms with van der Waals surface area (Å²) in [7, 11) is 0. The quantitative estimate of drug-likeness (QED) is 0.103. The number of aryl methyl sites for hydroxylation is 1. The van der Waals surface area contributed by atoms with Crippen molar-refractivity contribution in [3.8, 4) is 5.75 Å². The Morgan fingerprint density at radius 1 is 1.11 bits per heavy atom. The van der Waals surface area contributed by atoms with Crippen LogP contribution in [-0.4, -0.2) is 42.2 Å². The van der Waals surface area contributed by atoms with Gasteiger partial charge in [0.25, 0.3) is 0 Å². The minimum absolute atomic E-state index is 0.282. The number of nitrogens with zero attached hydrogens (tertiary/aromatic N) is 5. The fraction of sp³-hybridized carbons (Fsp3) is 0.208. The average Bonchev–Trinajstić information content (AvgIpc) is 2.86. The van der Waals surface area contributed by atoms with Gasteiger partial charge in [-0.3, -0.25) is 4.79 Å². The Balaban J connectivity index is 1.60. The Kier molecular flexibility index (Phi) is 9.43. The SMILES string of the molecule is C=CC(=O)Nc1cccc(Nc2nc(Nc3cccc(OCCOCCN=[N+]=[N-])c3)ncc2C)c1. The molecule has 0 spiro atoms. The van der Waals surface area contributed by atoms with Crippen LogP contribution in [-0.2, 0) is 9.53 Å². The van der Waals surface area contributed by atoms with Crippen LogP contribution >= 0.6 is 0 Å². The molecule has 1 heterocycles. The standard InChI is InChI=1S/C24H26N8O3/c1-3-22(33)28-18-6-4-7-19(14-18)29-23-17(2)16-26-24(31-23)30-20-8-5-9-21(15-20)35-13-12-34-11-10-27-32-25/h3-9,14-16H,1,10-13H2,2H3,(H,28,33)(H2,26,29,30,31). The van der Waals surface area contributed by atoms with Crippen molar-refractivity contribution in [3.05, 3.63) is 83.4 Å². The second-order valence-electron chi connectivity index (χ2n) is 7.19. The Morgan fingerprint density at radius 3 is 2.69 bits per heavy atom. The molecule has 0 aliphatic heterocycles. The van der Waals surface area contributed by atoms with Crippen molar-refractivity contribution < 1.29 is 14.3 Å². The zero-order valence-electron chi connectivity index (χ0n) is 19.3. The number of aromatic nitrogens is 2. The summed E-state index contributed by atoms with van der Waals surface area (Å²) in [5.41, 5.74) is 11.3. The lowest BCUT2D eigenvalue weighted by Crippen LogP contribution is -2.09. The summed E-state index contributed by atoms with van der Waals surface area (Å²) >= 11 is 0. The number of rotatable bonds is 13. The zero-order valence-corrected chi connectivity index (χ0v) is 19.3. The molecule has 1 amide bonds. The summed E-state index contributed by atoms with van der Waals surface area (Å²) in [6.07, 6.45) is 2.93. The minimum atomic E-state index is -0.282. The van der Waals surface area contributed by atoms with Crippen LogP contribution < -0.4 is 20.7 Å². The maximum Gasteiger partial charge on any atom is 0.247 e. The van der Waals surface area contributed by atoms with Crippen molar-refractivity contribution in [1.29, 1.82) is 0 Å². The average molecular weight is 475 g/mol. The molecule has 2 aromatic carbocycles. The lowest BCUT2D eigenvalue weighted by molar-refractivity contribution is -0.111. The van der Waals surface area contributed by atoms with Gasteiger partial charge in [0.15, 0.2) is 0 Å².